The van der Waals surface area contributed by atoms with Crippen LogP contribution in [0.15, 0.2) is 23.2 Å². The van der Waals surface area contributed by atoms with Gasteiger partial charge in [0, 0.05) is 12.1 Å². The average Bonchev–Trinajstić information content (AvgIpc) is 2.45. The number of nitrogens with zero attached hydrogens (tertiary/aromatic N) is 1. The number of rotatable bonds is 7. The number of hydrogen-bond acceptors (Lipinski definition) is 4. The Morgan fingerprint density at radius 3 is 2.27 bits per heavy atom. The van der Waals surface area contributed by atoms with E-state index in [9.17, 15) is 9.59 Å². The Bertz CT molecular complexity index is 616. The summed E-state index contributed by atoms with van der Waals surface area (Å²) in [7, 11) is 0. The Balaban J connectivity index is 2.97. The molecule has 0 radical (unpaired) electrons. The van der Waals surface area contributed by atoms with Gasteiger partial charge in [0.2, 0.25) is 5.91 Å². The largest absolute Gasteiger partial charge is 0.370 e. The van der Waals surface area contributed by atoms with E-state index in [-0.39, 0.29) is 34.5 Å². The molecule has 1 aromatic carbocycles. The first kappa shape index (κ1) is 18.2. The van der Waals surface area contributed by atoms with Crippen molar-refractivity contribution in [3.8, 4) is 0 Å². The van der Waals surface area contributed by atoms with Gasteiger partial charge in [-0.2, -0.15) is 0 Å². The molecule has 22 heavy (non-hydrogen) atoms. The summed E-state index contributed by atoms with van der Waals surface area (Å²) in [6.45, 7) is 0.225. The number of primary amides is 1. The van der Waals surface area contributed by atoms with Crippen LogP contribution in [0, 0.1) is 0 Å². The van der Waals surface area contributed by atoms with E-state index in [1.807, 2.05) is 0 Å². The third-order valence-electron chi connectivity index (χ3n) is 3.05. The van der Waals surface area contributed by atoms with Gasteiger partial charge >= 0.3 is 0 Å². The van der Waals surface area contributed by atoms with Crippen LogP contribution in [0.2, 0.25) is 10.0 Å². The second kappa shape index (κ2) is 7.44. The Morgan fingerprint density at radius 1 is 1.14 bits per heavy atom. The number of aliphatic imine (C=N–C) groups is 1. The Morgan fingerprint density at radius 2 is 1.77 bits per heavy atom. The number of amides is 1. The maximum atomic E-state index is 12.5. The summed E-state index contributed by atoms with van der Waals surface area (Å²) in [5.74, 6) is -1.66. The molecule has 0 saturated carbocycles. The number of carbonyl (C=O) groups is 2. The van der Waals surface area contributed by atoms with Gasteiger partial charge in [-0.15, -0.1) is 0 Å². The first-order valence-corrected chi connectivity index (χ1v) is 7.08. The van der Waals surface area contributed by atoms with Gasteiger partial charge < -0.3 is 22.9 Å². The lowest BCUT2D eigenvalue weighted by molar-refractivity contribution is -0.121. The smallest absolute Gasteiger partial charge is 0.245 e. The van der Waals surface area contributed by atoms with Crippen LogP contribution < -0.4 is 22.9 Å². The first-order chi connectivity index (χ1) is 10.2. The van der Waals surface area contributed by atoms with Crippen molar-refractivity contribution in [2.75, 3.05) is 6.54 Å². The van der Waals surface area contributed by atoms with Gasteiger partial charge in [0.05, 0.1) is 10.0 Å². The highest BCUT2D eigenvalue weighted by Gasteiger charge is 2.40. The fourth-order valence-corrected chi connectivity index (χ4v) is 2.11. The summed E-state index contributed by atoms with van der Waals surface area (Å²) in [6, 6.07) is 4.21. The molecule has 8 N–H and O–H groups in total. The molecule has 0 aliphatic heterocycles. The molecule has 0 saturated heterocycles. The zero-order chi connectivity index (χ0) is 16.9. The van der Waals surface area contributed by atoms with E-state index in [1.54, 1.807) is 0 Å². The van der Waals surface area contributed by atoms with Crippen LogP contribution >= 0.6 is 23.2 Å². The second-order valence-corrected chi connectivity index (χ2v) is 5.52. The normalized spacial score (nSPS) is 13.2. The van der Waals surface area contributed by atoms with Crippen molar-refractivity contribution in [2.24, 2.45) is 27.9 Å². The molecule has 0 bridgehead atoms. The van der Waals surface area contributed by atoms with E-state index in [0.717, 1.165) is 0 Å². The van der Waals surface area contributed by atoms with Crippen molar-refractivity contribution in [3.05, 3.63) is 33.8 Å². The van der Waals surface area contributed by atoms with Crippen LogP contribution in [-0.2, 0) is 4.79 Å². The second-order valence-electron chi connectivity index (χ2n) is 4.70. The van der Waals surface area contributed by atoms with Gasteiger partial charge in [0.15, 0.2) is 17.3 Å². The van der Waals surface area contributed by atoms with Crippen molar-refractivity contribution in [2.45, 2.75) is 18.4 Å². The summed E-state index contributed by atoms with van der Waals surface area (Å²) in [4.78, 5) is 27.9. The molecule has 120 valence electrons. The van der Waals surface area contributed by atoms with Crippen LogP contribution in [0.3, 0.4) is 0 Å². The van der Waals surface area contributed by atoms with E-state index < -0.39 is 17.2 Å². The van der Waals surface area contributed by atoms with E-state index >= 15 is 0 Å². The monoisotopic (exact) mass is 345 g/mol. The van der Waals surface area contributed by atoms with Crippen LogP contribution in [0.1, 0.15) is 23.2 Å². The molecule has 0 fully saturated rings. The fraction of sp³-hybridized carbons (Fsp3) is 0.308. The molecule has 1 amide bonds. The molecule has 1 atom stereocenters. The number of hydrogen-bond donors (Lipinski definition) is 4. The van der Waals surface area contributed by atoms with Gasteiger partial charge in [-0.1, -0.05) is 23.2 Å². The van der Waals surface area contributed by atoms with Gasteiger partial charge in [-0.3, -0.25) is 14.6 Å². The minimum atomic E-state index is -1.87. The summed E-state index contributed by atoms with van der Waals surface area (Å²) in [5.41, 5.74) is 19.9. The number of ketones is 1. The topological polar surface area (TPSA) is 151 Å². The fourth-order valence-electron chi connectivity index (χ4n) is 1.81. The van der Waals surface area contributed by atoms with Crippen molar-refractivity contribution in [1.82, 2.24) is 0 Å². The molecular formula is C13H17Cl2N5O2. The van der Waals surface area contributed by atoms with E-state index in [4.69, 9.17) is 46.1 Å². The van der Waals surface area contributed by atoms with Crippen LogP contribution in [0.5, 0.6) is 0 Å². The summed E-state index contributed by atoms with van der Waals surface area (Å²) in [5, 5.41) is 0.465. The molecule has 0 aromatic heterocycles. The number of Topliss-reactive ketones (excluding diaryl/α,β-unsaturated/α-hetero) is 1. The number of guanidine groups is 1. The zero-order valence-corrected chi connectivity index (χ0v) is 13.2. The molecule has 1 rings (SSSR count). The number of nitrogens with two attached hydrogens (primary N) is 4. The van der Waals surface area contributed by atoms with Crippen LogP contribution in [0.4, 0.5) is 0 Å². The van der Waals surface area contributed by atoms with Crippen molar-refractivity contribution in [1.29, 1.82) is 0 Å². The maximum absolute atomic E-state index is 12.5. The third-order valence-corrected chi connectivity index (χ3v) is 3.79. The quantitative estimate of drug-likeness (QED) is 0.185. The highest BCUT2D eigenvalue weighted by Crippen LogP contribution is 2.25. The van der Waals surface area contributed by atoms with Gasteiger partial charge in [-0.05, 0) is 31.0 Å². The number of halogens is 2. The predicted octanol–water partition coefficient (Wildman–Crippen LogP) is 0.412. The van der Waals surface area contributed by atoms with Crippen molar-refractivity contribution >= 4 is 40.9 Å². The third kappa shape index (κ3) is 4.33. The minimum Gasteiger partial charge on any atom is -0.370 e. The lowest BCUT2D eigenvalue weighted by Crippen LogP contribution is -2.58. The molecule has 1 aromatic rings. The molecule has 0 heterocycles. The first-order valence-electron chi connectivity index (χ1n) is 6.32. The maximum Gasteiger partial charge on any atom is 0.245 e. The lowest BCUT2D eigenvalue weighted by Gasteiger charge is -2.24. The predicted molar refractivity (Wildman–Crippen MR) is 86.8 cm³/mol. The van der Waals surface area contributed by atoms with Crippen molar-refractivity contribution in [3.63, 3.8) is 0 Å². The van der Waals surface area contributed by atoms with E-state index in [1.165, 1.54) is 18.2 Å². The summed E-state index contributed by atoms with van der Waals surface area (Å²) in [6.07, 6.45) is 0.308. The number of benzene rings is 1. The van der Waals surface area contributed by atoms with Gasteiger partial charge in [0.1, 0.15) is 0 Å². The Labute approximate surface area is 137 Å². The Hall–Kier alpha value is -1.83. The van der Waals surface area contributed by atoms with Crippen LogP contribution in [0.25, 0.3) is 0 Å². The average molecular weight is 346 g/mol. The molecule has 0 unspecified atom stereocenters. The van der Waals surface area contributed by atoms with Gasteiger partial charge in [-0.25, -0.2) is 0 Å². The standard InChI is InChI=1S/C13H17Cl2N5O2/c14-8-3-2-7(6-9(8)15)10(21)13(19,11(16)22)4-1-5-20-12(17)18/h2-3,6H,1,4-5,19H2,(H2,16,22)(H4,17,18,20)/t13-/m1/s1. The SMILES string of the molecule is NC(=O)[C@@](N)(CCCN=C(N)N)C(=O)c1ccc(Cl)c(Cl)c1. The lowest BCUT2D eigenvalue weighted by atomic mass is 9.85. The van der Waals surface area contributed by atoms with Crippen LogP contribution in [-0.4, -0.2) is 29.7 Å². The molecule has 0 spiro atoms. The zero-order valence-electron chi connectivity index (χ0n) is 11.7. The van der Waals surface area contributed by atoms with E-state index in [2.05, 4.69) is 4.99 Å². The number of carbonyl (C=O) groups excluding carboxylic acids is 2. The van der Waals surface area contributed by atoms with Gasteiger partial charge in [0.25, 0.3) is 0 Å². The Kier molecular flexibility index (Phi) is 6.16. The highest BCUT2D eigenvalue weighted by atomic mass is 35.5. The van der Waals surface area contributed by atoms with Crippen molar-refractivity contribution < 1.29 is 9.59 Å². The molecule has 9 heteroatoms. The van der Waals surface area contributed by atoms with E-state index in [0.29, 0.717) is 6.42 Å². The molecular weight excluding hydrogens is 329 g/mol. The summed E-state index contributed by atoms with van der Waals surface area (Å²) >= 11 is 11.7. The minimum absolute atomic E-state index is 0.00179. The summed E-state index contributed by atoms with van der Waals surface area (Å²) < 4.78 is 0. The molecule has 0 aliphatic carbocycles. The molecule has 7 nitrogen and oxygen atoms in total. The highest BCUT2D eigenvalue weighted by molar-refractivity contribution is 6.42. The molecule has 0 aliphatic rings.